The van der Waals surface area contributed by atoms with Crippen LogP contribution >= 0.6 is 11.3 Å². The molecule has 0 unspecified atom stereocenters. The highest BCUT2D eigenvalue weighted by atomic mass is 32.1. The van der Waals surface area contributed by atoms with Crippen LogP contribution in [0, 0.1) is 6.92 Å². The fourth-order valence-corrected chi connectivity index (χ4v) is 4.61. The van der Waals surface area contributed by atoms with Crippen LogP contribution in [-0.2, 0) is 12.8 Å². The molecule has 0 spiro atoms. The monoisotopic (exact) mass is 348 g/mol. The van der Waals surface area contributed by atoms with Crippen LogP contribution < -0.4 is 10.6 Å². The number of thiophene rings is 1. The van der Waals surface area contributed by atoms with Gasteiger partial charge in [0.25, 0.3) is 5.91 Å². The highest BCUT2D eigenvalue weighted by Crippen LogP contribution is 2.40. The first-order valence-electron chi connectivity index (χ1n) is 8.55. The summed E-state index contributed by atoms with van der Waals surface area (Å²) in [5.74, 6) is -0.0246. The molecule has 1 aliphatic rings. The average Bonchev–Trinajstić information content (AvgIpc) is 3.16. The zero-order valence-corrected chi connectivity index (χ0v) is 15.0. The van der Waals surface area contributed by atoms with E-state index in [-0.39, 0.29) is 5.91 Å². The van der Waals surface area contributed by atoms with Gasteiger partial charge in [0.2, 0.25) is 0 Å². The molecule has 0 bridgehead atoms. The molecule has 1 aliphatic carbocycles. The van der Waals surface area contributed by atoms with E-state index in [4.69, 9.17) is 0 Å². The predicted molar refractivity (Wildman–Crippen MR) is 105 cm³/mol. The largest absolute Gasteiger partial charge is 0.347 e. The minimum atomic E-state index is -0.0246. The van der Waals surface area contributed by atoms with Gasteiger partial charge in [-0.3, -0.25) is 4.79 Å². The van der Waals surface area contributed by atoms with Gasteiger partial charge in [-0.05, 0) is 61.6 Å². The van der Waals surface area contributed by atoms with E-state index in [2.05, 4.69) is 10.6 Å². The lowest BCUT2D eigenvalue weighted by Gasteiger charge is -2.10. The van der Waals surface area contributed by atoms with Crippen LogP contribution in [0.5, 0.6) is 0 Å². The number of benzene rings is 2. The first-order chi connectivity index (χ1) is 12.2. The smallest absolute Gasteiger partial charge is 0.258 e. The van der Waals surface area contributed by atoms with Gasteiger partial charge >= 0.3 is 0 Å². The van der Waals surface area contributed by atoms with Crippen LogP contribution in [0.3, 0.4) is 0 Å². The third kappa shape index (κ3) is 3.30. The van der Waals surface area contributed by atoms with Crippen molar-refractivity contribution >= 4 is 33.6 Å². The summed E-state index contributed by atoms with van der Waals surface area (Å²) in [7, 11) is 0. The van der Waals surface area contributed by atoms with Gasteiger partial charge in [-0.1, -0.05) is 30.3 Å². The fraction of sp³-hybridized carbons (Fsp3) is 0.190. The number of amides is 1. The van der Waals surface area contributed by atoms with Gasteiger partial charge in [0.05, 0.1) is 5.56 Å². The Morgan fingerprint density at radius 1 is 1.00 bits per heavy atom. The maximum absolute atomic E-state index is 13.0. The van der Waals surface area contributed by atoms with Crippen molar-refractivity contribution in [1.82, 2.24) is 0 Å². The Bertz CT molecular complexity index is 915. The first kappa shape index (κ1) is 15.9. The lowest BCUT2D eigenvalue weighted by Crippen LogP contribution is -2.14. The lowest BCUT2D eigenvalue weighted by atomic mass is 10.1. The van der Waals surface area contributed by atoms with Crippen LogP contribution in [0.1, 0.15) is 32.8 Å². The first-order valence-corrected chi connectivity index (χ1v) is 9.37. The summed E-state index contributed by atoms with van der Waals surface area (Å²) < 4.78 is 0. The molecule has 0 saturated carbocycles. The number of nitrogens with one attached hydrogen (secondary N) is 2. The molecule has 3 nitrogen and oxygen atoms in total. The third-order valence-electron chi connectivity index (χ3n) is 4.46. The van der Waals surface area contributed by atoms with E-state index in [1.165, 1.54) is 10.4 Å². The second-order valence-electron chi connectivity index (χ2n) is 6.38. The number of anilines is 3. The molecule has 1 aromatic heterocycles. The number of carbonyl (C=O) groups is 1. The number of hydrogen-bond acceptors (Lipinski definition) is 3. The van der Waals surface area contributed by atoms with Crippen molar-refractivity contribution in [3.63, 3.8) is 0 Å². The van der Waals surface area contributed by atoms with E-state index in [0.29, 0.717) is 0 Å². The zero-order valence-electron chi connectivity index (χ0n) is 14.1. The van der Waals surface area contributed by atoms with E-state index in [0.717, 1.165) is 46.8 Å². The van der Waals surface area contributed by atoms with Gasteiger partial charge in [-0.15, -0.1) is 11.3 Å². The van der Waals surface area contributed by atoms with Crippen molar-refractivity contribution in [1.29, 1.82) is 0 Å². The molecular formula is C21H20N2OS. The predicted octanol–water partition coefficient (Wildman–Crippen LogP) is 5.54. The molecule has 4 rings (SSSR count). The van der Waals surface area contributed by atoms with E-state index >= 15 is 0 Å². The summed E-state index contributed by atoms with van der Waals surface area (Å²) >= 11 is 1.71. The molecule has 0 aliphatic heterocycles. The molecule has 126 valence electrons. The SMILES string of the molecule is Cc1cccc(NC(=O)c2c(Nc3ccccc3)sc3c2CCC3)c1. The molecule has 25 heavy (non-hydrogen) atoms. The number of aryl methyl sites for hydroxylation is 2. The van der Waals surface area contributed by atoms with Crippen LogP contribution in [0.25, 0.3) is 0 Å². The Morgan fingerprint density at radius 2 is 1.80 bits per heavy atom. The number of para-hydroxylation sites is 1. The Kier molecular flexibility index (Phi) is 4.28. The molecule has 3 aromatic rings. The molecule has 1 amide bonds. The fourth-order valence-electron chi connectivity index (χ4n) is 3.30. The molecule has 4 heteroatoms. The summed E-state index contributed by atoms with van der Waals surface area (Å²) in [5, 5.41) is 7.45. The summed E-state index contributed by atoms with van der Waals surface area (Å²) in [6.07, 6.45) is 3.19. The Labute approximate surface area is 151 Å². The normalized spacial score (nSPS) is 12.7. The van der Waals surface area contributed by atoms with Crippen LogP contribution in [0.4, 0.5) is 16.4 Å². The van der Waals surface area contributed by atoms with Gasteiger partial charge in [-0.2, -0.15) is 0 Å². The van der Waals surface area contributed by atoms with E-state index in [9.17, 15) is 4.79 Å². The lowest BCUT2D eigenvalue weighted by molar-refractivity contribution is 0.102. The molecule has 2 N–H and O–H groups in total. The number of rotatable bonds is 4. The number of hydrogen-bond donors (Lipinski definition) is 2. The minimum Gasteiger partial charge on any atom is -0.347 e. The quantitative estimate of drug-likeness (QED) is 0.650. The topological polar surface area (TPSA) is 41.1 Å². The van der Waals surface area contributed by atoms with Crippen molar-refractivity contribution in [3.05, 3.63) is 76.2 Å². The van der Waals surface area contributed by atoms with Crippen LogP contribution in [0.15, 0.2) is 54.6 Å². The Balaban J connectivity index is 1.66. The van der Waals surface area contributed by atoms with Gasteiger partial charge in [-0.25, -0.2) is 0 Å². The average molecular weight is 348 g/mol. The summed E-state index contributed by atoms with van der Waals surface area (Å²) in [4.78, 5) is 14.4. The zero-order chi connectivity index (χ0) is 17.2. The molecule has 1 heterocycles. The van der Waals surface area contributed by atoms with E-state index in [1.807, 2.05) is 61.5 Å². The highest BCUT2D eigenvalue weighted by molar-refractivity contribution is 7.16. The maximum atomic E-state index is 13.0. The van der Waals surface area contributed by atoms with Gasteiger partial charge < -0.3 is 10.6 Å². The van der Waals surface area contributed by atoms with Gasteiger partial charge in [0, 0.05) is 16.3 Å². The number of carbonyl (C=O) groups excluding carboxylic acids is 1. The summed E-state index contributed by atoms with van der Waals surface area (Å²) in [5.41, 5.74) is 5.01. The summed E-state index contributed by atoms with van der Waals surface area (Å²) in [6, 6.07) is 17.9. The van der Waals surface area contributed by atoms with Crippen molar-refractivity contribution in [3.8, 4) is 0 Å². The third-order valence-corrected chi connectivity index (χ3v) is 5.66. The van der Waals surface area contributed by atoms with Gasteiger partial charge in [0.15, 0.2) is 0 Å². The Morgan fingerprint density at radius 3 is 2.60 bits per heavy atom. The second kappa shape index (κ2) is 6.73. The maximum Gasteiger partial charge on any atom is 0.258 e. The van der Waals surface area contributed by atoms with Crippen molar-refractivity contribution in [2.75, 3.05) is 10.6 Å². The molecule has 2 aromatic carbocycles. The molecule has 0 saturated heterocycles. The highest BCUT2D eigenvalue weighted by Gasteiger charge is 2.26. The minimum absolute atomic E-state index is 0.0246. The summed E-state index contributed by atoms with van der Waals surface area (Å²) in [6.45, 7) is 2.03. The van der Waals surface area contributed by atoms with Crippen molar-refractivity contribution < 1.29 is 4.79 Å². The van der Waals surface area contributed by atoms with E-state index in [1.54, 1.807) is 11.3 Å². The molecular weight excluding hydrogens is 328 g/mol. The molecule has 0 radical (unpaired) electrons. The molecule has 0 fully saturated rings. The standard InChI is InChI=1S/C21H20N2OS/c1-14-7-5-10-16(13-14)22-20(24)19-17-11-6-12-18(17)25-21(19)23-15-8-3-2-4-9-15/h2-5,7-10,13,23H,6,11-12H2,1H3,(H,22,24). The van der Waals surface area contributed by atoms with E-state index < -0.39 is 0 Å². The Hall–Kier alpha value is -2.59. The molecule has 0 atom stereocenters. The van der Waals surface area contributed by atoms with Crippen LogP contribution in [0.2, 0.25) is 0 Å². The van der Waals surface area contributed by atoms with Crippen LogP contribution in [-0.4, -0.2) is 5.91 Å². The van der Waals surface area contributed by atoms with Crippen molar-refractivity contribution in [2.45, 2.75) is 26.2 Å². The number of fused-ring (bicyclic) bond motifs is 1. The van der Waals surface area contributed by atoms with Gasteiger partial charge in [0.1, 0.15) is 5.00 Å². The second-order valence-corrected chi connectivity index (χ2v) is 7.48. The van der Waals surface area contributed by atoms with Crippen molar-refractivity contribution in [2.24, 2.45) is 0 Å².